The van der Waals surface area contributed by atoms with E-state index in [4.69, 9.17) is 9.84 Å². The largest absolute Gasteiger partial charge is 0.376 e. The van der Waals surface area contributed by atoms with Gasteiger partial charge in [0.25, 0.3) is 0 Å². The zero-order valence-corrected chi connectivity index (χ0v) is 19.8. The number of amides is 1. The van der Waals surface area contributed by atoms with Gasteiger partial charge in [-0.05, 0) is 43.9 Å². The molecule has 2 fully saturated rings. The maximum atomic E-state index is 13.2. The second-order valence-electron chi connectivity index (χ2n) is 9.47. The number of fused-ring (bicyclic) bond motifs is 1. The third-order valence-corrected chi connectivity index (χ3v) is 7.49. The van der Waals surface area contributed by atoms with Gasteiger partial charge >= 0.3 is 0 Å². The Labute approximate surface area is 195 Å². The highest BCUT2D eigenvalue weighted by atomic mass is 16.5. The normalized spacial score (nSPS) is 20.2. The Morgan fingerprint density at radius 2 is 1.88 bits per heavy atom. The molecule has 2 aromatic rings. The van der Waals surface area contributed by atoms with E-state index in [1.54, 1.807) is 0 Å². The topological polar surface area (TPSA) is 74.1 Å². The molecule has 0 aliphatic carbocycles. The van der Waals surface area contributed by atoms with Crippen molar-refractivity contribution in [2.75, 3.05) is 50.8 Å². The first-order chi connectivity index (χ1) is 16.0. The van der Waals surface area contributed by atoms with Gasteiger partial charge in [0.2, 0.25) is 5.91 Å². The lowest BCUT2D eigenvalue weighted by Gasteiger charge is -2.37. The van der Waals surface area contributed by atoms with E-state index in [2.05, 4.69) is 41.8 Å². The molecule has 2 saturated heterocycles. The molecule has 33 heavy (non-hydrogen) atoms. The fourth-order valence-electron chi connectivity index (χ4n) is 5.34. The Morgan fingerprint density at radius 3 is 2.64 bits per heavy atom. The summed E-state index contributed by atoms with van der Waals surface area (Å²) in [5.74, 6) is 0.0922. The lowest BCUT2D eigenvalue weighted by molar-refractivity contribution is -0.132. The number of likely N-dealkylation sites (tertiary alicyclic amines) is 1. The van der Waals surface area contributed by atoms with Gasteiger partial charge < -0.3 is 19.6 Å². The van der Waals surface area contributed by atoms with Gasteiger partial charge in [-0.15, -0.1) is 0 Å². The molecule has 3 aliphatic heterocycles. The Balaban J connectivity index is 1.27. The van der Waals surface area contributed by atoms with Crippen molar-refractivity contribution in [1.82, 2.24) is 19.6 Å². The molecule has 8 heteroatoms. The highest BCUT2D eigenvalue weighted by Gasteiger charge is 2.31. The Hall–Kier alpha value is -2.42. The van der Waals surface area contributed by atoms with Crippen LogP contribution in [0.25, 0.3) is 0 Å². The van der Waals surface area contributed by atoms with Crippen LogP contribution in [0.1, 0.15) is 47.1 Å². The van der Waals surface area contributed by atoms with Gasteiger partial charge in [-0.1, -0.05) is 12.1 Å². The van der Waals surface area contributed by atoms with Gasteiger partial charge in [0.15, 0.2) is 6.23 Å². The second-order valence-corrected chi connectivity index (χ2v) is 9.47. The minimum Gasteiger partial charge on any atom is -0.376 e. The number of aromatic nitrogens is 2. The predicted molar refractivity (Wildman–Crippen MR) is 126 cm³/mol. The van der Waals surface area contributed by atoms with E-state index in [-0.39, 0.29) is 12.5 Å². The fourth-order valence-corrected chi connectivity index (χ4v) is 5.34. The predicted octanol–water partition coefficient (Wildman–Crippen LogP) is 2.01. The molecule has 0 saturated carbocycles. The van der Waals surface area contributed by atoms with E-state index in [1.807, 2.05) is 9.58 Å². The monoisotopic (exact) mass is 453 g/mol. The molecule has 1 amide bonds. The van der Waals surface area contributed by atoms with E-state index < -0.39 is 6.23 Å². The summed E-state index contributed by atoms with van der Waals surface area (Å²) in [5, 5.41) is 15.7. The van der Waals surface area contributed by atoms with Crippen LogP contribution >= 0.6 is 0 Å². The highest BCUT2D eigenvalue weighted by Crippen LogP contribution is 2.30. The van der Waals surface area contributed by atoms with Gasteiger partial charge in [0, 0.05) is 62.6 Å². The molecule has 0 bridgehead atoms. The molecule has 1 aromatic carbocycles. The van der Waals surface area contributed by atoms with Gasteiger partial charge in [-0.3, -0.25) is 14.4 Å². The zero-order valence-electron chi connectivity index (χ0n) is 19.8. The third kappa shape index (κ3) is 4.39. The molecule has 0 spiro atoms. The van der Waals surface area contributed by atoms with Crippen molar-refractivity contribution in [3.05, 3.63) is 46.3 Å². The van der Waals surface area contributed by atoms with E-state index in [0.717, 1.165) is 56.7 Å². The number of nitrogens with zero attached hydrogens (tertiary/aromatic N) is 5. The van der Waals surface area contributed by atoms with Gasteiger partial charge in [-0.2, -0.15) is 5.10 Å². The zero-order chi connectivity index (χ0) is 22.9. The molecular formula is C25H35N5O3. The lowest BCUT2D eigenvalue weighted by Crippen LogP contribution is -2.50. The summed E-state index contributed by atoms with van der Waals surface area (Å²) < 4.78 is 7.50. The number of ether oxygens (including phenoxy) is 1. The number of aryl methyl sites for hydroxylation is 1. The number of carbonyl (C=O) groups excluding carboxylic acids is 1. The van der Waals surface area contributed by atoms with Crippen LogP contribution in [0.3, 0.4) is 0 Å². The maximum absolute atomic E-state index is 13.2. The van der Waals surface area contributed by atoms with Crippen LogP contribution in [0.5, 0.6) is 0 Å². The van der Waals surface area contributed by atoms with E-state index in [1.165, 1.54) is 16.8 Å². The van der Waals surface area contributed by atoms with Crippen LogP contribution < -0.4 is 4.90 Å². The summed E-state index contributed by atoms with van der Waals surface area (Å²) in [6, 6.07) is 6.42. The molecule has 1 atom stereocenters. The van der Waals surface area contributed by atoms with Gasteiger partial charge in [0.1, 0.15) is 12.2 Å². The third-order valence-electron chi connectivity index (χ3n) is 7.49. The van der Waals surface area contributed by atoms with Crippen LogP contribution in [0, 0.1) is 13.8 Å². The highest BCUT2D eigenvalue weighted by molar-refractivity contribution is 5.76. The van der Waals surface area contributed by atoms with Crippen LogP contribution in [0.15, 0.2) is 18.2 Å². The SMILES string of the molecule is Cc1cccc(N2CCN(C(=O)Cn3nc(C(O)N4CCCC4)c4c3CCOC4)CC2)c1C. The number of carbonyl (C=O) groups is 1. The van der Waals surface area contributed by atoms with Crippen LogP contribution in [0.4, 0.5) is 5.69 Å². The Kier molecular flexibility index (Phi) is 6.40. The van der Waals surface area contributed by atoms with Crippen LogP contribution in [0.2, 0.25) is 0 Å². The van der Waals surface area contributed by atoms with Crippen molar-refractivity contribution in [2.45, 2.75) is 52.5 Å². The molecule has 1 unspecified atom stereocenters. The number of aliphatic hydroxyl groups is 1. The molecule has 178 valence electrons. The van der Waals surface area contributed by atoms with Crippen molar-refractivity contribution in [1.29, 1.82) is 0 Å². The molecule has 8 nitrogen and oxygen atoms in total. The smallest absolute Gasteiger partial charge is 0.244 e. The molecule has 5 rings (SSSR count). The van der Waals surface area contributed by atoms with Gasteiger partial charge in [-0.25, -0.2) is 0 Å². The molecular weight excluding hydrogens is 418 g/mol. The number of hydrogen-bond acceptors (Lipinski definition) is 6. The fraction of sp³-hybridized carbons (Fsp3) is 0.600. The van der Waals surface area contributed by atoms with E-state index in [0.29, 0.717) is 32.0 Å². The van der Waals surface area contributed by atoms with Crippen molar-refractivity contribution >= 4 is 11.6 Å². The van der Waals surface area contributed by atoms with Crippen LogP contribution in [-0.2, 0) is 29.1 Å². The van der Waals surface area contributed by atoms with Crippen LogP contribution in [-0.4, -0.2) is 76.5 Å². The maximum Gasteiger partial charge on any atom is 0.244 e. The quantitative estimate of drug-likeness (QED) is 0.747. The standard InChI is InChI=1S/C25H35N5O3/c1-18-6-5-7-21(19(18)2)27-11-13-28(14-12-27)23(31)16-30-22-8-15-33-17-20(22)24(26-30)25(32)29-9-3-4-10-29/h5-7,25,32H,3-4,8-17H2,1-2H3. The number of hydrogen-bond donors (Lipinski definition) is 1. The summed E-state index contributed by atoms with van der Waals surface area (Å²) in [6.45, 7) is 10.5. The first kappa shape index (κ1) is 22.4. The average Bonchev–Trinajstić information content (AvgIpc) is 3.50. The first-order valence-electron chi connectivity index (χ1n) is 12.2. The second kappa shape index (κ2) is 9.44. The van der Waals surface area contributed by atoms with Crippen molar-refractivity contribution in [3.63, 3.8) is 0 Å². The molecule has 0 radical (unpaired) electrons. The van der Waals surface area contributed by atoms with Crippen molar-refractivity contribution in [3.8, 4) is 0 Å². The number of anilines is 1. The molecule has 4 heterocycles. The van der Waals surface area contributed by atoms with E-state index in [9.17, 15) is 9.90 Å². The summed E-state index contributed by atoms with van der Waals surface area (Å²) in [7, 11) is 0. The number of benzene rings is 1. The number of rotatable bonds is 5. The molecule has 1 aromatic heterocycles. The van der Waals surface area contributed by atoms with Gasteiger partial charge in [0.05, 0.1) is 13.2 Å². The summed E-state index contributed by atoms with van der Waals surface area (Å²) in [5.41, 5.74) is 6.55. The molecule has 1 N–H and O–H groups in total. The van der Waals surface area contributed by atoms with Crippen molar-refractivity contribution in [2.24, 2.45) is 0 Å². The summed E-state index contributed by atoms with van der Waals surface area (Å²) >= 11 is 0. The lowest BCUT2D eigenvalue weighted by atomic mass is 10.1. The average molecular weight is 454 g/mol. The van der Waals surface area contributed by atoms with E-state index >= 15 is 0 Å². The number of piperazine rings is 1. The molecule has 3 aliphatic rings. The minimum atomic E-state index is -0.722. The first-order valence-corrected chi connectivity index (χ1v) is 12.2. The Bertz CT molecular complexity index is 1010. The minimum absolute atomic E-state index is 0.0922. The summed E-state index contributed by atoms with van der Waals surface area (Å²) in [4.78, 5) is 19.6. The summed E-state index contributed by atoms with van der Waals surface area (Å²) in [6.07, 6.45) is 2.20. The number of aliphatic hydroxyl groups excluding tert-OH is 1. The Morgan fingerprint density at radius 1 is 1.12 bits per heavy atom. The van der Waals surface area contributed by atoms with Crippen molar-refractivity contribution < 1.29 is 14.6 Å².